The predicted molar refractivity (Wildman–Crippen MR) is 85.1 cm³/mol. The zero-order valence-corrected chi connectivity index (χ0v) is 13.8. The minimum atomic E-state index is 0.289. The monoisotopic (exact) mass is 282 g/mol. The van der Waals surface area contributed by atoms with Gasteiger partial charge in [-0.1, -0.05) is 13.8 Å². The van der Waals surface area contributed by atoms with Crippen LogP contribution >= 0.6 is 0 Å². The minimum absolute atomic E-state index is 0.289. The van der Waals surface area contributed by atoms with E-state index in [2.05, 4.69) is 31.0 Å². The van der Waals surface area contributed by atoms with Crippen LogP contribution in [0.2, 0.25) is 0 Å². The molecule has 3 nitrogen and oxygen atoms in total. The maximum Gasteiger partial charge on any atom is 0.0509 e. The second-order valence-electron chi connectivity index (χ2n) is 6.81. The summed E-state index contributed by atoms with van der Waals surface area (Å²) in [5.74, 6) is 0.681. The van der Waals surface area contributed by atoms with E-state index in [1.54, 1.807) is 0 Å². The molecule has 0 amide bonds. The van der Waals surface area contributed by atoms with E-state index in [1.165, 1.54) is 51.6 Å². The van der Waals surface area contributed by atoms with Crippen molar-refractivity contribution in [3.63, 3.8) is 0 Å². The molecule has 2 rings (SSSR count). The Bertz CT molecular complexity index is 272. The van der Waals surface area contributed by atoms with Crippen LogP contribution in [0, 0.1) is 5.92 Å². The summed E-state index contributed by atoms with van der Waals surface area (Å²) in [4.78, 5) is 2.74. The molecule has 3 atom stereocenters. The van der Waals surface area contributed by atoms with Gasteiger partial charge in [0.1, 0.15) is 0 Å². The Morgan fingerprint density at radius 3 is 2.55 bits per heavy atom. The summed E-state index contributed by atoms with van der Waals surface area (Å²) in [5, 5.41) is 3.89. The Kier molecular flexibility index (Phi) is 6.31. The van der Waals surface area contributed by atoms with Gasteiger partial charge < -0.3 is 10.1 Å². The van der Waals surface area contributed by atoms with E-state index >= 15 is 0 Å². The van der Waals surface area contributed by atoms with E-state index in [0.717, 1.165) is 19.8 Å². The molecule has 118 valence electrons. The third-order valence-electron chi connectivity index (χ3n) is 5.50. The lowest BCUT2D eigenvalue weighted by Crippen LogP contribution is -2.62. The van der Waals surface area contributed by atoms with Crippen LogP contribution in [0.4, 0.5) is 0 Å². The van der Waals surface area contributed by atoms with Gasteiger partial charge in [0.2, 0.25) is 0 Å². The molecular formula is C17H34N2O. The fraction of sp³-hybridized carbons (Fsp3) is 1.00. The number of likely N-dealkylation sites (tertiary alicyclic amines) is 1. The van der Waals surface area contributed by atoms with Crippen molar-refractivity contribution in [1.82, 2.24) is 10.2 Å². The van der Waals surface area contributed by atoms with Crippen molar-refractivity contribution in [3.05, 3.63) is 0 Å². The van der Waals surface area contributed by atoms with Crippen LogP contribution in [-0.2, 0) is 4.74 Å². The Hall–Kier alpha value is -0.120. The molecule has 0 aliphatic carbocycles. The zero-order valence-electron chi connectivity index (χ0n) is 13.8. The van der Waals surface area contributed by atoms with E-state index in [9.17, 15) is 0 Å². The highest BCUT2D eigenvalue weighted by molar-refractivity contribution is 5.01. The molecule has 2 heterocycles. The number of hydrogen-bond donors (Lipinski definition) is 1. The third kappa shape index (κ3) is 3.55. The van der Waals surface area contributed by atoms with Crippen molar-refractivity contribution >= 4 is 0 Å². The number of nitrogens with one attached hydrogen (secondary N) is 1. The van der Waals surface area contributed by atoms with Crippen molar-refractivity contribution in [3.8, 4) is 0 Å². The molecule has 0 saturated carbocycles. The van der Waals surface area contributed by atoms with E-state index in [-0.39, 0.29) is 5.54 Å². The highest BCUT2D eigenvalue weighted by Gasteiger charge is 2.43. The summed E-state index contributed by atoms with van der Waals surface area (Å²) in [6, 6.07) is 0.575. The zero-order chi connectivity index (χ0) is 14.4. The molecule has 0 aromatic rings. The number of nitrogens with zero attached hydrogens (tertiary/aromatic N) is 1. The summed E-state index contributed by atoms with van der Waals surface area (Å²) in [7, 11) is 0. The molecule has 0 aromatic heterocycles. The first-order chi connectivity index (χ1) is 9.72. The van der Waals surface area contributed by atoms with Gasteiger partial charge in [0.15, 0.2) is 0 Å². The summed E-state index contributed by atoms with van der Waals surface area (Å²) in [5.41, 5.74) is 0.289. The second kappa shape index (κ2) is 7.77. The van der Waals surface area contributed by atoms with Gasteiger partial charge in [0.25, 0.3) is 0 Å². The minimum Gasteiger partial charge on any atom is -0.381 e. The lowest BCUT2D eigenvalue weighted by atomic mass is 9.77. The predicted octanol–water partition coefficient (Wildman–Crippen LogP) is 3.05. The smallest absolute Gasteiger partial charge is 0.0509 e. The quantitative estimate of drug-likeness (QED) is 0.777. The van der Waals surface area contributed by atoms with Crippen molar-refractivity contribution in [2.75, 3.05) is 32.8 Å². The van der Waals surface area contributed by atoms with Gasteiger partial charge in [-0.3, -0.25) is 4.90 Å². The molecule has 0 bridgehead atoms. The first-order valence-electron chi connectivity index (χ1n) is 8.78. The largest absolute Gasteiger partial charge is 0.381 e. The first kappa shape index (κ1) is 16.3. The standard InChI is InChI=1S/C17H34N2O/c1-4-10-18-16(15-9-8-13-20-14-15)17(3,5-2)19-11-6-7-12-19/h15-16,18H,4-14H2,1-3H3. The Morgan fingerprint density at radius 2 is 2.00 bits per heavy atom. The maximum atomic E-state index is 5.79. The van der Waals surface area contributed by atoms with Crippen LogP contribution in [-0.4, -0.2) is 49.3 Å². The van der Waals surface area contributed by atoms with Crippen molar-refractivity contribution in [2.45, 2.75) is 70.9 Å². The van der Waals surface area contributed by atoms with Gasteiger partial charge in [-0.05, 0) is 71.0 Å². The van der Waals surface area contributed by atoms with Gasteiger partial charge in [0, 0.05) is 18.2 Å². The van der Waals surface area contributed by atoms with Crippen molar-refractivity contribution in [2.24, 2.45) is 5.92 Å². The highest BCUT2D eigenvalue weighted by Crippen LogP contribution is 2.34. The third-order valence-corrected chi connectivity index (χ3v) is 5.50. The average Bonchev–Trinajstić information content (AvgIpc) is 3.03. The maximum absolute atomic E-state index is 5.79. The van der Waals surface area contributed by atoms with Gasteiger partial charge in [-0.25, -0.2) is 0 Å². The molecule has 0 spiro atoms. The molecule has 20 heavy (non-hydrogen) atoms. The Labute approximate surface area is 125 Å². The molecule has 1 N–H and O–H groups in total. The fourth-order valence-corrected chi connectivity index (χ4v) is 4.09. The Morgan fingerprint density at radius 1 is 1.25 bits per heavy atom. The lowest BCUT2D eigenvalue weighted by molar-refractivity contribution is -0.00956. The van der Waals surface area contributed by atoms with Crippen LogP contribution in [0.3, 0.4) is 0 Å². The molecule has 2 saturated heterocycles. The van der Waals surface area contributed by atoms with Gasteiger partial charge in [0.05, 0.1) is 6.61 Å². The van der Waals surface area contributed by atoms with Gasteiger partial charge in [-0.15, -0.1) is 0 Å². The van der Waals surface area contributed by atoms with E-state index in [0.29, 0.717) is 12.0 Å². The summed E-state index contributed by atoms with van der Waals surface area (Å²) >= 11 is 0. The number of ether oxygens (including phenoxy) is 1. The number of rotatable bonds is 7. The average molecular weight is 282 g/mol. The molecule has 3 unspecified atom stereocenters. The molecular weight excluding hydrogens is 248 g/mol. The van der Waals surface area contributed by atoms with E-state index < -0.39 is 0 Å². The van der Waals surface area contributed by atoms with Crippen LogP contribution in [0.5, 0.6) is 0 Å². The normalized spacial score (nSPS) is 29.2. The molecule has 2 aliphatic rings. The lowest BCUT2D eigenvalue weighted by Gasteiger charge is -2.48. The fourth-order valence-electron chi connectivity index (χ4n) is 4.09. The topological polar surface area (TPSA) is 24.5 Å². The van der Waals surface area contributed by atoms with Gasteiger partial charge >= 0.3 is 0 Å². The molecule has 3 heteroatoms. The van der Waals surface area contributed by atoms with Crippen LogP contribution in [0.1, 0.15) is 59.3 Å². The Balaban J connectivity index is 2.12. The molecule has 0 aromatic carbocycles. The second-order valence-corrected chi connectivity index (χ2v) is 6.81. The molecule has 0 radical (unpaired) electrons. The van der Waals surface area contributed by atoms with E-state index in [4.69, 9.17) is 4.74 Å². The van der Waals surface area contributed by atoms with Crippen molar-refractivity contribution < 1.29 is 4.74 Å². The van der Waals surface area contributed by atoms with Crippen LogP contribution in [0.15, 0.2) is 0 Å². The highest BCUT2D eigenvalue weighted by atomic mass is 16.5. The molecule has 2 fully saturated rings. The SMILES string of the molecule is CCCNC(C1CCCOC1)C(C)(CC)N1CCCC1. The van der Waals surface area contributed by atoms with E-state index in [1.807, 2.05) is 0 Å². The molecule has 2 aliphatic heterocycles. The number of hydrogen-bond acceptors (Lipinski definition) is 3. The summed E-state index contributed by atoms with van der Waals surface area (Å²) < 4.78 is 5.79. The van der Waals surface area contributed by atoms with Crippen molar-refractivity contribution in [1.29, 1.82) is 0 Å². The summed E-state index contributed by atoms with van der Waals surface area (Å²) in [6.45, 7) is 12.7. The van der Waals surface area contributed by atoms with Gasteiger partial charge in [-0.2, -0.15) is 0 Å². The first-order valence-corrected chi connectivity index (χ1v) is 8.78. The summed E-state index contributed by atoms with van der Waals surface area (Å²) in [6.07, 6.45) is 7.74. The van der Waals surface area contributed by atoms with Crippen LogP contribution in [0.25, 0.3) is 0 Å². The van der Waals surface area contributed by atoms with Crippen LogP contribution < -0.4 is 5.32 Å².